The first-order chi connectivity index (χ1) is 4.04. The minimum Gasteiger partial charge on any atom is -0.365 e. The summed E-state index contributed by atoms with van der Waals surface area (Å²) in [6, 6.07) is -0.743. The molecule has 0 atom stereocenters. The second kappa shape index (κ2) is 2.72. The zero-order chi connectivity index (χ0) is 7.44. The third-order valence-electron chi connectivity index (χ3n) is 0.391. The van der Waals surface area contributed by atoms with E-state index in [0.29, 0.717) is 0 Å². The summed E-state index contributed by atoms with van der Waals surface area (Å²) >= 11 is 0. The quantitative estimate of drug-likeness (QED) is 0.154. The average molecular weight is 133 g/mol. The van der Waals surface area contributed by atoms with Gasteiger partial charge in [0.2, 0.25) is 0 Å². The van der Waals surface area contributed by atoms with Crippen molar-refractivity contribution in [3.8, 4) is 0 Å². The second-order valence-corrected chi connectivity index (χ2v) is 1.11. The molecule has 0 unspecified atom stereocenters. The zero-order valence-corrected chi connectivity index (χ0v) is 4.46. The van der Waals surface area contributed by atoms with Gasteiger partial charge in [0, 0.05) is 0 Å². The number of nitrogens with two attached hydrogens (primary N) is 2. The molecule has 7 heteroatoms. The van der Waals surface area contributed by atoms with Crippen LogP contribution in [0.4, 0.5) is 0 Å². The van der Waals surface area contributed by atoms with Crippen LogP contribution in [-0.4, -0.2) is 22.4 Å². The van der Waals surface area contributed by atoms with Crippen LogP contribution in [0.15, 0.2) is 0 Å². The fourth-order valence-corrected chi connectivity index (χ4v) is 0.142. The Kier molecular flexibility index (Phi) is 2.27. The van der Waals surface area contributed by atoms with Crippen LogP contribution in [0.2, 0.25) is 0 Å². The monoisotopic (exact) mass is 133 g/mol. The van der Waals surface area contributed by atoms with Crippen LogP contribution in [-0.2, 0) is 4.84 Å². The van der Waals surface area contributed by atoms with Gasteiger partial charge in [-0.25, -0.2) is 5.41 Å². The van der Waals surface area contributed by atoms with Crippen molar-refractivity contribution >= 4 is 12.0 Å². The van der Waals surface area contributed by atoms with Gasteiger partial charge in [-0.3, -0.25) is 10.6 Å². The van der Waals surface area contributed by atoms with E-state index in [4.69, 9.17) is 16.0 Å². The molecule has 0 fully saturated rings. The summed E-state index contributed by atoms with van der Waals surface area (Å²) in [6.07, 6.45) is 0. The highest BCUT2D eigenvalue weighted by atomic mass is 16.9. The van der Waals surface area contributed by atoms with Gasteiger partial charge in [0.15, 0.2) is 0 Å². The van der Waals surface area contributed by atoms with Gasteiger partial charge in [0.1, 0.15) is 0 Å². The Balaban J connectivity index is 3.63. The Morgan fingerprint density at radius 2 is 1.89 bits per heavy atom. The van der Waals surface area contributed by atoms with Gasteiger partial charge in [0.25, 0.3) is 5.96 Å². The molecule has 0 saturated heterocycles. The summed E-state index contributed by atoms with van der Waals surface area (Å²) in [5.41, 5.74) is 9.30. The van der Waals surface area contributed by atoms with Crippen molar-refractivity contribution in [2.75, 3.05) is 0 Å². The molecule has 0 aliphatic carbocycles. The van der Waals surface area contributed by atoms with E-state index in [-0.39, 0.29) is 5.23 Å². The van der Waals surface area contributed by atoms with Gasteiger partial charge < -0.3 is 16.3 Å². The molecule has 9 heavy (non-hydrogen) atoms. The molecule has 0 spiro atoms. The van der Waals surface area contributed by atoms with Crippen LogP contribution < -0.4 is 11.5 Å². The van der Waals surface area contributed by atoms with Gasteiger partial charge in [-0.15, -0.1) is 0 Å². The van der Waals surface area contributed by atoms with Crippen LogP contribution >= 0.6 is 0 Å². The predicted octanol–water partition coefficient (Wildman–Crippen LogP) is -1.60. The molecule has 0 aliphatic rings. The van der Waals surface area contributed by atoms with E-state index in [1.807, 2.05) is 0 Å². The van der Waals surface area contributed by atoms with Crippen molar-refractivity contribution < 1.29 is 10.0 Å². The molecule has 0 rings (SSSR count). The van der Waals surface area contributed by atoms with Crippen molar-refractivity contribution in [2.45, 2.75) is 0 Å². The molecule has 0 aromatic rings. The molecule has 0 radical (unpaired) electrons. The van der Waals surface area contributed by atoms with E-state index < -0.39 is 12.0 Å². The van der Waals surface area contributed by atoms with Gasteiger partial charge >= 0.3 is 6.02 Å². The van der Waals surface area contributed by atoms with Crippen molar-refractivity contribution in [1.82, 2.24) is 5.23 Å². The second-order valence-electron chi connectivity index (χ2n) is 1.11. The van der Waals surface area contributed by atoms with Crippen LogP contribution in [0.5, 0.6) is 0 Å². The summed E-state index contributed by atoms with van der Waals surface area (Å²) in [6.45, 7) is 0. The summed E-state index contributed by atoms with van der Waals surface area (Å²) < 4.78 is 0. The standard InChI is InChI=1S/C2H7N5O2/c3-1(4)7(8)9-2(5)6/h8H,(H3,3,4)(H3,5,6). The van der Waals surface area contributed by atoms with E-state index in [1.165, 1.54) is 0 Å². The number of nitrogens with one attached hydrogen (secondary N) is 2. The molecule has 0 aromatic carbocycles. The normalized spacial score (nSPS) is 8.11. The lowest BCUT2D eigenvalue weighted by Crippen LogP contribution is -2.37. The molecule has 7 nitrogen and oxygen atoms in total. The average Bonchev–Trinajstić information content (AvgIpc) is 1.63. The Bertz CT molecular complexity index is 133. The first kappa shape index (κ1) is 7.50. The Morgan fingerprint density at radius 3 is 2.00 bits per heavy atom. The molecule has 7 N–H and O–H groups in total. The summed E-state index contributed by atoms with van der Waals surface area (Å²) in [4.78, 5) is 3.91. The Hall–Kier alpha value is -1.50. The molecule has 0 saturated carbocycles. The van der Waals surface area contributed by atoms with Gasteiger partial charge in [0.05, 0.1) is 0 Å². The van der Waals surface area contributed by atoms with Crippen LogP contribution in [0.25, 0.3) is 0 Å². The van der Waals surface area contributed by atoms with Crippen molar-refractivity contribution in [1.29, 1.82) is 10.8 Å². The van der Waals surface area contributed by atoms with Crippen LogP contribution in [0.3, 0.4) is 0 Å². The topological polar surface area (TPSA) is 132 Å². The third-order valence-corrected chi connectivity index (χ3v) is 0.391. The predicted molar refractivity (Wildman–Crippen MR) is 28.5 cm³/mol. The highest BCUT2D eigenvalue weighted by molar-refractivity contribution is 5.75. The van der Waals surface area contributed by atoms with E-state index in [2.05, 4.69) is 16.3 Å². The van der Waals surface area contributed by atoms with E-state index >= 15 is 0 Å². The lowest BCUT2D eigenvalue weighted by molar-refractivity contribution is -0.233. The molecule has 0 aliphatic heterocycles. The molecule has 0 heterocycles. The van der Waals surface area contributed by atoms with E-state index in [1.54, 1.807) is 0 Å². The number of amidine groups is 1. The van der Waals surface area contributed by atoms with Crippen molar-refractivity contribution in [2.24, 2.45) is 11.5 Å². The minimum absolute atomic E-state index is 0.123. The number of hydrogen-bond acceptors (Lipinski definition) is 4. The minimum atomic E-state index is -0.745. The van der Waals surface area contributed by atoms with Gasteiger partial charge in [-0.05, 0) is 5.23 Å². The maximum absolute atomic E-state index is 8.34. The van der Waals surface area contributed by atoms with Gasteiger partial charge in [-0.2, -0.15) is 0 Å². The molecular formula is C2H7N5O2. The lowest BCUT2D eigenvalue weighted by atomic mass is 11.1. The number of rotatable bonds is 0. The molecule has 0 bridgehead atoms. The van der Waals surface area contributed by atoms with Crippen molar-refractivity contribution in [3.05, 3.63) is 0 Å². The SMILES string of the molecule is N=C(N)ON(O)C(=N)N. The number of hydroxylamine groups is 2. The number of hydrogen-bond donors (Lipinski definition) is 5. The highest BCUT2D eigenvalue weighted by Crippen LogP contribution is 1.78. The molecule has 52 valence electrons. The first-order valence-electron chi connectivity index (χ1n) is 1.89. The fraction of sp³-hybridized carbons (Fsp3) is 0. The van der Waals surface area contributed by atoms with E-state index in [0.717, 1.165) is 0 Å². The zero-order valence-electron chi connectivity index (χ0n) is 4.46. The first-order valence-corrected chi connectivity index (χ1v) is 1.89. The largest absolute Gasteiger partial charge is 0.365 e. The molecule has 0 aromatic heterocycles. The Morgan fingerprint density at radius 1 is 1.44 bits per heavy atom. The van der Waals surface area contributed by atoms with E-state index in [9.17, 15) is 0 Å². The smallest absolute Gasteiger partial charge is 0.310 e. The number of guanidine groups is 1. The lowest BCUT2D eigenvalue weighted by Gasteiger charge is -2.10. The van der Waals surface area contributed by atoms with Crippen LogP contribution in [0, 0.1) is 10.8 Å². The summed E-state index contributed by atoms with van der Waals surface area (Å²) in [5, 5.41) is 21.1. The maximum Gasteiger partial charge on any atom is 0.310 e. The summed E-state index contributed by atoms with van der Waals surface area (Å²) in [5.74, 6) is -0.745. The highest BCUT2D eigenvalue weighted by Gasteiger charge is 2.02. The maximum atomic E-state index is 8.34. The van der Waals surface area contributed by atoms with Crippen LogP contribution in [0.1, 0.15) is 0 Å². The number of nitrogens with zero attached hydrogens (tertiary/aromatic N) is 1. The summed E-state index contributed by atoms with van der Waals surface area (Å²) in [7, 11) is 0. The van der Waals surface area contributed by atoms with Gasteiger partial charge in [-0.1, -0.05) is 0 Å². The molecular weight excluding hydrogens is 126 g/mol. The van der Waals surface area contributed by atoms with Crippen molar-refractivity contribution in [3.63, 3.8) is 0 Å². The fourth-order valence-electron chi connectivity index (χ4n) is 0.142. The molecule has 0 amide bonds. The Labute approximate surface area is 50.7 Å². The third kappa shape index (κ3) is 3.12.